The van der Waals surface area contributed by atoms with Crippen molar-refractivity contribution in [1.29, 1.82) is 0 Å². The van der Waals surface area contributed by atoms with E-state index < -0.39 is 0 Å². The highest BCUT2D eigenvalue weighted by Crippen LogP contribution is 2.02. The van der Waals surface area contributed by atoms with E-state index in [0.717, 1.165) is 45.3 Å². The van der Waals surface area contributed by atoms with Crippen LogP contribution in [0.15, 0.2) is 0 Å². The van der Waals surface area contributed by atoms with E-state index >= 15 is 0 Å². The third-order valence-corrected chi connectivity index (χ3v) is 3.09. The molecule has 0 aromatic carbocycles. The maximum Gasteiger partial charge on any atom is 0.0791 e. The molecule has 4 heteroatoms. The van der Waals surface area contributed by atoms with Gasteiger partial charge in [-0.25, -0.2) is 0 Å². The van der Waals surface area contributed by atoms with Crippen LogP contribution in [0.4, 0.5) is 0 Å². The summed E-state index contributed by atoms with van der Waals surface area (Å²) in [6.45, 7) is 10.5. The Hall–Kier alpha value is -0.160. The predicted octanol–water partition coefficient (Wildman–Crippen LogP) is 0.705. The molecule has 1 saturated heterocycles. The number of morpholine rings is 1. The van der Waals surface area contributed by atoms with Crippen LogP contribution >= 0.6 is 0 Å². The average Bonchev–Trinajstić information content (AvgIpc) is 2.29. The molecule has 0 amide bonds. The van der Waals surface area contributed by atoms with Gasteiger partial charge >= 0.3 is 0 Å². The lowest BCUT2D eigenvalue weighted by molar-refractivity contribution is 0.0149. The lowest BCUT2D eigenvalue weighted by Gasteiger charge is -2.28. The van der Waals surface area contributed by atoms with Gasteiger partial charge < -0.3 is 15.2 Å². The molecule has 17 heavy (non-hydrogen) atoms. The summed E-state index contributed by atoms with van der Waals surface area (Å²) in [5, 5.41) is 13.2. The van der Waals surface area contributed by atoms with Crippen LogP contribution in [-0.4, -0.2) is 62.0 Å². The van der Waals surface area contributed by atoms with Crippen LogP contribution in [-0.2, 0) is 4.74 Å². The summed E-state index contributed by atoms with van der Waals surface area (Å²) < 4.78 is 5.28. The fourth-order valence-corrected chi connectivity index (χ4v) is 2.05. The average molecular weight is 244 g/mol. The molecule has 0 aliphatic carbocycles. The van der Waals surface area contributed by atoms with Crippen LogP contribution in [0, 0.1) is 5.92 Å². The summed E-state index contributed by atoms with van der Waals surface area (Å²) in [4.78, 5) is 2.27. The van der Waals surface area contributed by atoms with Crippen molar-refractivity contribution in [3.05, 3.63) is 0 Å². The topological polar surface area (TPSA) is 44.7 Å². The first-order valence-corrected chi connectivity index (χ1v) is 6.87. The number of rotatable bonds is 8. The molecule has 1 fully saturated rings. The summed E-state index contributed by atoms with van der Waals surface area (Å²) in [7, 11) is 0. The minimum atomic E-state index is -0.257. The fourth-order valence-electron chi connectivity index (χ4n) is 2.05. The van der Waals surface area contributed by atoms with Gasteiger partial charge in [-0.3, -0.25) is 4.90 Å². The largest absolute Gasteiger partial charge is 0.390 e. The molecule has 1 atom stereocenters. The second kappa shape index (κ2) is 8.86. The first-order valence-electron chi connectivity index (χ1n) is 6.87. The molecule has 1 unspecified atom stereocenters. The summed E-state index contributed by atoms with van der Waals surface area (Å²) in [5.41, 5.74) is 0. The molecule has 0 radical (unpaired) electrons. The minimum Gasteiger partial charge on any atom is -0.390 e. The number of hydrogen-bond acceptors (Lipinski definition) is 4. The quantitative estimate of drug-likeness (QED) is 0.617. The summed E-state index contributed by atoms with van der Waals surface area (Å²) in [5.74, 6) is 0.773. The van der Waals surface area contributed by atoms with E-state index in [4.69, 9.17) is 4.74 Å². The Kier molecular flexibility index (Phi) is 7.77. The lowest BCUT2D eigenvalue weighted by atomic mass is 10.1. The third-order valence-electron chi connectivity index (χ3n) is 3.09. The third kappa shape index (κ3) is 7.71. The molecule has 0 spiro atoms. The maximum absolute atomic E-state index is 9.86. The minimum absolute atomic E-state index is 0.257. The van der Waals surface area contributed by atoms with E-state index in [0.29, 0.717) is 6.54 Å². The highest BCUT2D eigenvalue weighted by molar-refractivity contribution is 4.69. The summed E-state index contributed by atoms with van der Waals surface area (Å²) >= 11 is 0. The first-order chi connectivity index (χ1) is 8.18. The molecule has 1 rings (SSSR count). The van der Waals surface area contributed by atoms with Crippen molar-refractivity contribution in [3.63, 3.8) is 0 Å². The zero-order valence-corrected chi connectivity index (χ0v) is 11.3. The molecule has 2 N–H and O–H groups in total. The molecule has 1 aliphatic rings. The number of nitrogens with zero attached hydrogens (tertiary/aromatic N) is 1. The van der Waals surface area contributed by atoms with Crippen molar-refractivity contribution in [2.75, 3.05) is 45.9 Å². The van der Waals surface area contributed by atoms with Crippen molar-refractivity contribution in [1.82, 2.24) is 10.2 Å². The molecule has 102 valence electrons. The van der Waals surface area contributed by atoms with Gasteiger partial charge in [0.05, 0.1) is 19.3 Å². The van der Waals surface area contributed by atoms with E-state index in [9.17, 15) is 5.11 Å². The normalized spacial score (nSPS) is 19.8. The Balaban J connectivity index is 1.95. The van der Waals surface area contributed by atoms with Crippen LogP contribution in [0.2, 0.25) is 0 Å². The molecular formula is C13H28N2O2. The summed E-state index contributed by atoms with van der Waals surface area (Å²) in [6, 6.07) is 0. The molecule has 0 saturated carbocycles. The number of nitrogens with one attached hydrogen (secondary N) is 1. The standard InChI is InChI=1S/C13H28N2O2/c1-12(2)4-3-5-14-10-13(16)11-15-6-8-17-9-7-15/h12-14,16H,3-11H2,1-2H3. The molecule has 0 aromatic rings. The van der Waals surface area contributed by atoms with Crippen molar-refractivity contribution in [2.24, 2.45) is 5.92 Å². The van der Waals surface area contributed by atoms with E-state index in [-0.39, 0.29) is 6.10 Å². The Morgan fingerprint density at radius 2 is 2.00 bits per heavy atom. The van der Waals surface area contributed by atoms with Crippen molar-refractivity contribution in [2.45, 2.75) is 32.8 Å². The predicted molar refractivity (Wildman–Crippen MR) is 70.2 cm³/mol. The van der Waals surface area contributed by atoms with Crippen molar-refractivity contribution in [3.8, 4) is 0 Å². The van der Waals surface area contributed by atoms with Gasteiger partial charge in [0.1, 0.15) is 0 Å². The van der Waals surface area contributed by atoms with Crippen LogP contribution in [0.25, 0.3) is 0 Å². The monoisotopic (exact) mass is 244 g/mol. The van der Waals surface area contributed by atoms with Gasteiger partial charge in [-0.1, -0.05) is 13.8 Å². The highest BCUT2D eigenvalue weighted by Gasteiger charge is 2.14. The molecular weight excluding hydrogens is 216 g/mol. The zero-order valence-electron chi connectivity index (χ0n) is 11.3. The van der Waals surface area contributed by atoms with Crippen LogP contribution in [0.3, 0.4) is 0 Å². The van der Waals surface area contributed by atoms with Crippen molar-refractivity contribution >= 4 is 0 Å². The van der Waals surface area contributed by atoms with Gasteiger partial charge in [0.25, 0.3) is 0 Å². The van der Waals surface area contributed by atoms with Gasteiger partial charge in [0, 0.05) is 26.2 Å². The van der Waals surface area contributed by atoms with Crippen LogP contribution in [0.1, 0.15) is 26.7 Å². The van der Waals surface area contributed by atoms with Gasteiger partial charge in [-0.15, -0.1) is 0 Å². The molecule has 1 aliphatic heterocycles. The second-order valence-electron chi connectivity index (χ2n) is 5.31. The second-order valence-corrected chi connectivity index (χ2v) is 5.31. The van der Waals surface area contributed by atoms with Gasteiger partial charge in [0.2, 0.25) is 0 Å². The lowest BCUT2D eigenvalue weighted by Crippen LogP contribution is -2.43. The molecule has 4 nitrogen and oxygen atoms in total. The number of ether oxygens (including phenoxy) is 1. The Labute approximate surface area is 105 Å². The molecule has 0 bridgehead atoms. The maximum atomic E-state index is 9.86. The van der Waals surface area contributed by atoms with E-state index in [2.05, 4.69) is 24.1 Å². The zero-order chi connectivity index (χ0) is 12.5. The SMILES string of the molecule is CC(C)CCCNCC(O)CN1CCOCC1. The van der Waals surface area contributed by atoms with E-state index in [1.54, 1.807) is 0 Å². The van der Waals surface area contributed by atoms with Crippen LogP contribution in [0.5, 0.6) is 0 Å². The van der Waals surface area contributed by atoms with E-state index in [1.165, 1.54) is 12.8 Å². The number of aliphatic hydroxyl groups is 1. The molecule has 0 aromatic heterocycles. The highest BCUT2D eigenvalue weighted by atomic mass is 16.5. The number of hydrogen-bond donors (Lipinski definition) is 2. The fraction of sp³-hybridized carbons (Fsp3) is 1.00. The molecule has 1 heterocycles. The van der Waals surface area contributed by atoms with E-state index in [1.807, 2.05) is 0 Å². The smallest absolute Gasteiger partial charge is 0.0791 e. The Bertz CT molecular complexity index is 182. The number of β-amino-alcohol motifs (C(OH)–C–C–N with tert-alkyl or cyclic N) is 1. The Morgan fingerprint density at radius 1 is 1.29 bits per heavy atom. The first kappa shape index (κ1) is 14.9. The van der Waals surface area contributed by atoms with Gasteiger partial charge in [-0.2, -0.15) is 0 Å². The number of aliphatic hydroxyl groups excluding tert-OH is 1. The van der Waals surface area contributed by atoms with Crippen molar-refractivity contribution < 1.29 is 9.84 Å². The van der Waals surface area contributed by atoms with Crippen LogP contribution < -0.4 is 5.32 Å². The van der Waals surface area contributed by atoms with Gasteiger partial charge in [-0.05, 0) is 25.3 Å². The summed E-state index contributed by atoms with van der Waals surface area (Å²) in [6.07, 6.45) is 2.20. The van der Waals surface area contributed by atoms with Gasteiger partial charge in [0.15, 0.2) is 0 Å². The Morgan fingerprint density at radius 3 is 2.65 bits per heavy atom.